The molecule has 2 heterocycles. The summed E-state index contributed by atoms with van der Waals surface area (Å²) in [6.45, 7) is 6.21. The Kier molecular flexibility index (Phi) is 9.13. The predicted octanol–water partition coefficient (Wildman–Crippen LogP) is 5.93. The molecule has 0 spiro atoms. The SMILES string of the molecule is CC(C)(C)[C@H](C(=O)O)C(CCN1CCCCC1=O)NC(=O)c1cc(-c2ccccc2C(F)(F)F)n(C2CCCC2)n1. The minimum atomic E-state index is -4.60. The molecule has 1 aliphatic carbocycles. The lowest BCUT2D eigenvalue weighted by molar-refractivity contribution is -0.147. The number of carbonyl (C=O) groups excluding carboxylic acids is 2. The van der Waals surface area contributed by atoms with Crippen molar-refractivity contribution in [1.82, 2.24) is 20.0 Å². The van der Waals surface area contributed by atoms with Gasteiger partial charge in [-0.05, 0) is 49.7 Å². The number of nitrogens with one attached hydrogen (secondary N) is 1. The number of hydrogen-bond donors (Lipinski definition) is 2. The average molecular weight is 577 g/mol. The summed E-state index contributed by atoms with van der Waals surface area (Å²) in [6, 6.07) is 5.63. The van der Waals surface area contributed by atoms with Gasteiger partial charge in [0.25, 0.3) is 5.91 Å². The maximum absolute atomic E-state index is 13.9. The first-order chi connectivity index (χ1) is 19.3. The largest absolute Gasteiger partial charge is 0.481 e. The van der Waals surface area contributed by atoms with Crippen LogP contribution >= 0.6 is 0 Å². The Bertz CT molecular complexity index is 1260. The molecule has 11 heteroatoms. The second kappa shape index (κ2) is 12.2. The third-order valence-corrected chi connectivity index (χ3v) is 8.20. The highest BCUT2D eigenvalue weighted by molar-refractivity contribution is 5.94. The second-order valence-electron chi connectivity index (χ2n) is 12.2. The van der Waals surface area contributed by atoms with Gasteiger partial charge in [-0.1, -0.05) is 51.8 Å². The number of carboxylic acids is 1. The molecule has 1 aromatic heterocycles. The van der Waals surface area contributed by atoms with Gasteiger partial charge >= 0.3 is 12.1 Å². The minimum absolute atomic E-state index is 0.00670. The number of carboxylic acid groups (broad SMARTS) is 1. The van der Waals surface area contributed by atoms with E-state index in [2.05, 4.69) is 10.4 Å². The molecule has 0 radical (unpaired) electrons. The quantitative estimate of drug-likeness (QED) is 0.385. The number of hydrogen-bond acceptors (Lipinski definition) is 4. The first-order valence-corrected chi connectivity index (χ1v) is 14.3. The van der Waals surface area contributed by atoms with Crippen molar-refractivity contribution in [2.24, 2.45) is 11.3 Å². The number of halogens is 3. The van der Waals surface area contributed by atoms with Crippen molar-refractivity contribution in [3.05, 3.63) is 41.6 Å². The van der Waals surface area contributed by atoms with Crippen LogP contribution in [0.4, 0.5) is 13.2 Å². The standard InChI is InChI=1S/C30H39F3N4O4/c1-29(2,3)26(28(40)41)22(15-17-36-16-9-8-14-25(36)38)34-27(39)23-18-24(37(35-23)19-10-4-5-11-19)20-12-6-7-13-21(20)30(31,32)33/h6-7,12-13,18-19,22,26H,4-5,8-11,14-17H2,1-3H3,(H,34,39)(H,40,41)/t22?,26-/m0/s1. The van der Waals surface area contributed by atoms with Crippen molar-refractivity contribution in [2.75, 3.05) is 13.1 Å². The maximum Gasteiger partial charge on any atom is 0.417 e. The molecule has 1 saturated heterocycles. The number of likely N-dealkylation sites (tertiary alicyclic amines) is 1. The number of benzene rings is 1. The summed E-state index contributed by atoms with van der Waals surface area (Å²) in [7, 11) is 0. The summed E-state index contributed by atoms with van der Waals surface area (Å²) in [5.41, 5.74) is -1.46. The molecule has 2 amide bonds. The van der Waals surface area contributed by atoms with Crippen LogP contribution in [-0.4, -0.2) is 56.7 Å². The molecule has 2 atom stereocenters. The van der Waals surface area contributed by atoms with Crippen LogP contribution in [0, 0.1) is 11.3 Å². The Morgan fingerprint density at radius 3 is 2.39 bits per heavy atom. The van der Waals surface area contributed by atoms with Gasteiger partial charge in [-0.2, -0.15) is 18.3 Å². The van der Waals surface area contributed by atoms with Crippen molar-refractivity contribution in [2.45, 2.75) is 90.4 Å². The Labute approximate surface area is 238 Å². The highest BCUT2D eigenvalue weighted by Crippen LogP contribution is 2.40. The third-order valence-electron chi connectivity index (χ3n) is 8.20. The molecule has 2 aliphatic rings. The van der Waals surface area contributed by atoms with E-state index in [9.17, 15) is 32.7 Å². The molecule has 1 aliphatic heterocycles. The van der Waals surface area contributed by atoms with Gasteiger partial charge in [0, 0.05) is 31.1 Å². The first-order valence-electron chi connectivity index (χ1n) is 14.3. The van der Waals surface area contributed by atoms with Crippen LogP contribution in [0.2, 0.25) is 0 Å². The molecule has 2 aromatic rings. The number of rotatable bonds is 9. The minimum Gasteiger partial charge on any atom is -0.481 e. The van der Waals surface area contributed by atoms with Crippen LogP contribution in [-0.2, 0) is 15.8 Å². The van der Waals surface area contributed by atoms with E-state index in [0.29, 0.717) is 19.5 Å². The summed E-state index contributed by atoms with van der Waals surface area (Å²) in [5, 5.41) is 17.5. The second-order valence-corrected chi connectivity index (χ2v) is 12.2. The van der Waals surface area contributed by atoms with Gasteiger partial charge in [0.2, 0.25) is 5.91 Å². The van der Waals surface area contributed by atoms with E-state index in [1.54, 1.807) is 25.7 Å². The number of piperidine rings is 1. The van der Waals surface area contributed by atoms with Gasteiger partial charge in [0.15, 0.2) is 5.69 Å². The van der Waals surface area contributed by atoms with Crippen LogP contribution in [0.1, 0.15) is 94.2 Å². The number of carbonyl (C=O) groups is 3. The highest BCUT2D eigenvalue weighted by atomic mass is 19.4. The van der Waals surface area contributed by atoms with Gasteiger partial charge in [0.05, 0.1) is 23.2 Å². The fraction of sp³-hybridized carbons (Fsp3) is 0.600. The molecule has 2 fully saturated rings. The van der Waals surface area contributed by atoms with Crippen molar-refractivity contribution >= 4 is 17.8 Å². The summed E-state index contributed by atoms with van der Waals surface area (Å²) in [4.78, 5) is 40.1. The van der Waals surface area contributed by atoms with E-state index in [-0.39, 0.29) is 35.3 Å². The van der Waals surface area contributed by atoms with Gasteiger partial charge in [-0.25, -0.2) is 0 Å². The fourth-order valence-electron chi connectivity index (χ4n) is 6.19. The lowest BCUT2D eigenvalue weighted by Gasteiger charge is -2.36. The molecule has 2 N–H and O–H groups in total. The topological polar surface area (TPSA) is 105 Å². The van der Waals surface area contributed by atoms with Crippen LogP contribution in [0.3, 0.4) is 0 Å². The van der Waals surface area contributed by atoms with E-state index in [1.807, 2.05) is 0 Å². The number of aliphatic carboxylic acids is 1. The highest BCUT2D eigenvalue weighted by Gasteiger charge is 2.40. The molecule has 224 valence electrons. The zero-order valence-corrected chi connectivity index (χ0v) is 23.8. The van der Waals surface area contributed by atoms with Crippen molar-refractivity contribution in [1.29, 1.82) is 0 Å². The Morgan fingerprint density at radius 1 is 1.10 bits per heavy atom. The Balaban J connectivity index is 1.68. The number of alkyl halides is 3. The summed E-state index contributed by atoms with van der Waals surface area (Å²) >= 11 is 0. The van der Waals surface area contributed by atoms with E-state index < -0.39 is 41.0 Å². The number of aromatic nitrogens is 2. The van der Waals surface area contributed by atoms with Gasteiger partial charge in [-0.3, -0.25) is 19.1 Å². The molecule has 41 heavy (non-hydrogen) atoms. The van der Waals surface area contributed by atoms with E-state index in [4.69, 9.17) is 0 Å². The lowest BCUT2D eigenvalue weighted by Crippen LogP contribution is -2.50. The molecule has 8 nitrogen and oxygen atoms in total. The van der Waals surface area contributed by atoms with Gasteiger partial charge < -0.3 is 15.3 Å². The molecule has 1 unspecified atom stereocenters. The van der Waals surface area contributed by atoms with Crippen molar-refractivity contribution < 1.29 is 32.7 Å². The van der Waals surface area contributed by atoms with Crippen LogP contribution in [0.15, 0.2) is 30.3 Å². The predicted molar refractivity (Wildman–Crippen MR) is 147 cm³/mol. The smallest absolute Gasteiger partial charge is 0.417 e. The summed E-state index contributed by atoms with van der Waals surface area (Å²) in [5.74, 6) is -2.71. The average Bonchev–Trinajstić information content (AvgIpc) is 3.57. The van der Waals surface area contributed by atoms with E-state index in [1.165, 1.54) is 28.9 Å². The normalized spacial score (nSPS) is 18.4. The van der Waals surface area contributed by atoms with Gasteiger partial charge in [-0.15, -0.1) is 0 Å². The Hall–Kier alpha value is -3.37. The molecule has 4 rings (SSSR count). The van der Waals surface area contributed by atoms with Crippen LogP contribution in [0.25, 0.3) is 11.3 Å². The van der Waals surface area contributed by atoms with E-state index in [0.717, 1.165) is 44.6 Å². The Morgan fingerprint density at radius 2 is 1.78 bits per heavy atom. The molecule has 0 bridgehead atoms. The molecular weight excluding hydrogens is 537 g/mol. The zero-order valence-electron chi connectivity index (χ0n) is 23.8. The summed E-state index contributed by atoms with van der Waals surface area (Å²) < 4.78 is 43.3. The third kappa shape index (κ3) is 7.11. The zero-order chi connectivity index (χ0) is 29.9. The molecule has 1 saturated carbocycles. The van der Waals surface area contributed by atoms with Gasteiger partial charge in [0.1, 0.15) is 0 Å². The van der Waals surface area contributed by atoms with Crippen molar-refractivity contribution in [3.8, 4) is 11.3 Å². The van der Waals surface area contributed by atoms with Crippen LogP contribution in [0.5, 0.6) is 0 Å². The molecular formula is C30H39F3N4O4. The summed E-state index contributed by atoms with van der Waals surface area (Å²) in [6.07, 6.45) is 1.05. The number of amides is 2. The van der Waals surface area contributed by atoms with Crippen molar-refractivity contribution in [3.63, 3.8) is 0 Å². The first kappa shape index (κ1) is 30.6. The van der Waals surface area contributed by atoms with E-state index >= 15 is 0 Å². The lowest BCUT2D eigenvalue weighted by atomic mass is 9.75. The monoisotopic (exact) mass is 576 g/mol. The van der Waals surface area contributed by atoms with Crippen LogP contribution < -0.4 is 5.32 Å². The fourth-order valence-corrected chi connectivity index (χ4v) is 6.19. The maximum atomic E-state index is 13.9. The molecule has 1 aromatic carbocycles. The number of nitrogens with zero attached hydrogens (tertiary/aromatic N) is 3.